The summed E-state index contributed by atoms with van der Waals surface area (Å²) in [6, 6.07) is 8.60. The van der Waals surface area contributed by atoms with E-state index in [1.54, 1.807) is 31.4 Å². The van der Waals surface area contributed by atoms with Crippen molar-refractivity contribution in [1.82, 2.24) is 0 Å². The maximum absolute atomic E-state index is 12.3. The van der Waals surface area contributed by atoms with Crippen molar-refractivity contribution in [2.45, 2.75) is 86.3 Å². The maximum atomic E-state index is 12.3. The Morgan fingerprint density at radius 2 is 1.35 bits per heavy atom. The topological polar surface area (TPSA) is 256 Å². The fourth-order valence-corrected chi connectivity index (χ4v) is 9.87. The van der Waals surface area contributed by atoms with E-state index in [0.717, 1.165) is 11.4 Å². The number of carbonyl (C=O) groups is 1. The minimum absolute atomic E-state index is 0.00313. The second-order valence-electron chi connectivity index (χ2n) is 16.3. The summed E-state index contributed by atoms with van der Waals surface area (Å²) in [5, 5.41) is 9.15. The second-order valence-corrected chi connectivity index (χ2v) is 20.7. The number of hydrogen-bond donors (Lipinski definition) is 3. The zero-order valence-electron chi connectivity index (χ0n) is 38.1. The number of nitrogens with zero attached hydrogens (tertiary/aromatic N) is 2. The van der Waals surface area contributed by atoms with Crippen LogP contribution < -0.4 is 4.90 Å². The molecule has 0 amide bonds. The first-order valence-corrected chi connectivity index (χ1v) is 26.3. The van der Waals surface area contributed by atoms with E-state index >= 15 is 0 Å². The first kappa shape index (κ1) is 54.7. The van der Waals surface area contributed by atoms with Crippen LogP contribution in [0.1, 0.15) is 76.8 Å². The van der Waals surface area contributed by atoms with Crippen molar-refractivity contribution in [2.75, 3.05) is 90.3 Å². The van der Waals surface area contributed by atoms with Crippen LogP contribution in [0, 0.1) is 0 Å². The van der Waals surface area contributed by atoms with E-state index in [0.29, 0.717) is 114 Å². The van der Waals surface area contributed by atoms with E-state index in [9.17, 15) is 43.7 Å². The molecule has 0 radical (unpaired) electrons. The van der Waals surface area contributed by atoms with E-state index in [4.69, 9.17) is 28.8 Å². The van der Waals surface area contributed by atoms with Crippen LogP contribution in [-0.2, 0) is 69.7 Å². The van der Waals surface area contributed by atoms with E-state index < -0.39 is 52.9 Å². The Morgan fingerprint density at radius 3 is 1.92 bits per heavy atom. The molecule has 2 atom stereocenters. The highest BCUT2D eigenvalue weighted by atomic mass is 32.2. The molecule has 0 aliphatic carbocycles. The minimum Gasteiger partial charge on any atom is -0.744 e. The van der Waals surface area contributed by atoms with Crippen molar-refractivity contribution in [3.05, 3.63) is 83.6 Å². The van der Waals surface area contributed by atoms with Crippen molar-refractivity contribution in [3.63, 3.8) is 0 Å². The van der Waals surface area contributed by atoms with Gasteiger partial charge >= 0.3 is 5.97 Å². The molecule has 0 saturated heterocycles. The van der Waals surface area contributed by atoms with Gasteiger partial charge in [0, 0.05) is 67.6 Å². The molecule has 66 heavy (non-hydrogen) atoms. The highest BCUT2D eigenvalue weighted by Crippen LogP contribution is 2.50. The number of methoxy groups -OCH3 is 1. The maximum Gasteiger partial charge on any atom is 0.303 e. The van der Waals surface area contributed by atoms with Crippen LogP contribution in [0.25, 0.3) is 0 Å². The zero-order valence-corrected chi connectivity index (χ0v) is 40.5. The quantitative estimate of drug-likeness (QED) is 0.0370. The summed E-state index contributed by atoms with van der Waals surface area (Å²) in [6.07, 6.45) is 11.4. The number of hydrogen-bond acceptors (Lipinski definition) is 14. The normalized spacial score (nSPS) is 19.5. The van der Waals surface area contributed by atoms with Gasteiger partial charge in [0.2, 0.25) is 5.69 Å². The third-order valence-corrected chi connectivity index (χ3v) is 14.2. The molecule has 368 valence electrons. The van der Waals surface area contributed by atoms with E-state index in [1.165, 1.54) is 24.3 Å². The average Bonchev–Trinajstić information content (AvgIpc) is 3.61. The van der Waals surface area contributed by atoms with Crippen LogP contribution in [0.3, 0.4) is 0 Å². The Morgan fingerprint density at radius 1 is 0.742 bits per heavy atom. The van der Waals surface area contributed by atoms with E-state index in [2.05, 4.69) is 0 Å². The Bertz CT molecular complexity index is 2430. The fourth-order valence-electron chi connectivity index (χ4n) is 8.36. The van der Waals surface area contributed by atoms with Crippen molar-refractivity contribution in [1.29, 1.82) is 0 Å². The summed E-state index contributed by atoms with van der Waals surface area (Å²) in [4.78, 5) is 12.5. The minimum atomic E-state index is -4.76. The molecule has 2 heterocycles. The lowest BCUT2D eigenvalue weighted by Gasteiger charge is -2.30. The molecular weight excluding hydrogens is 921 g/mol. The largest absolute Gasteiger partial charge is 0.744 e. The number of carboxylic acids is 1. The van der Waals surface area contributed by atoms with Gasteiger partial charge in [0.25, 0.3) is 20.2 Å². The predicted octanol–water partition coefficient (Wildman–Crippen LogP) is 5.40. The number of ether oxygens (including phenoxy) is 5. The Hall–Kier alpha value is -3.87. The highest BCUT2D eigenvalue weighted by Gasteiger charge is 2.48. The third-order valence-electron chi connectivity index (χ3n) is 11.7. The molecular formula is C45H64N2O16S3. The number of fused-ring (bicyclic) bond motifs is 2. The number of likely N-dealkylation sites (N-methyl/N-ethyl adjacent to an activating group) is 1. The lowest BCUT2D eigenvalue weighted by atomic mass is 9.76. The van der Waals surface area contributed by atoms with Crippen LogP contribution in [0.2, 0.25) is 0 Å². The summed E-state index contributed by atoms with van der Waals surface area (Å²) >= 11 is 0. The molecule has 0 spiro atoms. The number of aliphatic carboxylic acids is 1. The van der Waals surface area contributed by atoms with Crippen molar-refractivity contribution >= 4 is 53.4 Å². The molecule has 0 bridgehead atoms. The number of unbranched alkanes of at least 4 members (excludes halogenated alkanes) is 2. The van der Waals surface area contributed by atoms with Crippen molar-refractivity contribution < 1.29 is 77.1 Å². The molecule has 3 N–H and O–H groups in total. The van der Waals surface area contributed by atoms with Crippen molar-refractivity contribution in [3.8, 4) is 0 Å². The molecule has 21 heteroatoms. The smallest absolute Gasteiger partial charge is 0.303 e. The fraction of sp³-hybridized carbons (Fsp3) is 0.556. The van der Waals surface area contributed by atoms with Gasteiger partial charge in [0.05, 0.1) is 73.8 Å². The molecule has 2 unspecified atom stereocenters. The number of carboxylic acid groups (broad SMARTS) is 1. The van der Waals surface area contributed by atoms with Gasteiger partial charge in [-0.15, -0.1) is 0 Å². The van der Waals surface area contributed by atoms with Gasteiger partial charge in [-0.1, -0.05) is 18.2 Å². The zero-order chi connectivity index (χ0) is 48.6. The van der Waals surface area contributed by atoms with Gasteiger partial charge in [0.15, 0.2) is 5.71 Å². The monoisotopic (exact) mass is 984 g/mol. The first-order valence-electron chi connectivity index (χ1n) is 21.8. The first-order chi connectivity index (χ1) is 31.2. The summed E-state index contributed by atoms with van der Waals surface area (Å²) < 4.78 is 134. The van der Waals surface area contributed by atoms with Crippen LogP contribution in [-0.4, -0.2) is 146 Å². The van der Waals surface area contributed by atoms with Crippen LogP contribution in [0.5, 0.6) is 0 Å². The molecule has 2 aliphatic heterocycles. The van der Waals surface area contributed by atoms with Gasteiger partial charge in [-0.3, -0.25) is 13.9 Å². The summed E-state index contributed by atoms with van der Waals surface area (Å²) in [6.45, 7) is 10.3. The van der Waals surface area contributed by atoms with Crippen LogP contribution in [0.15, 0.2) is 82.3 Å². The molecule has 0 fully saturated rings. The predicted molar refractivity (Wildman–Crippen MR) is 246 cm³/mol. The molecule has 2 aromatic carbocycles. The lowest BCUT2D eigenvalue weighted by Crippen LogP contribution is -2.32. The van der Waals surface area contributed by atoms with Crippen molar-refractivity contribution in [2.24, 2.45) is 0 Å². The Labute approximate surface area is 389 Å². The number of anilines is 1. The molecule has 0 aromatic heterocycles. The van der Waals surface area contributed by atoms with Gasteiger partial charge < -0.3 is 38.2 Å². The summed E-state index contributed by atoms with van der Waals surface area (Å²) in [5.74, 6) is -1.44. The van der Waals surface area contributed by atoms with E-state index in [1.807, 2.05) is 48.5 Å². The van der Waals surface area contributed by atoms with Gasteiger partial charge in [-0.25, -0.2) is 8.42 Å². The number of allylic oxidation sites excluding steroid dienone is 6. The summed E-state index contributed by atoms with van der Waals surface area (Å²) in [7, 11) is -12.1. The Kier molecular flexibility index (Phi) is 20.7. The van der Waals surface area contributed by atoms with E-state index in [-0.39, 0.29) is 35.7 Å². The highest BCUT2D eigenvalue weighted by molar-refractivity contribution is 7.86. The van der Waals surface area contributed by atoms with Gasteiger partial charge in [-0.2, -0.15) is 21.4 Å². The molecule has 18 nitrogen and oxygen atoms in total. The molecule has 2 aromatic rings. The standard InChI is InChI=1S/C45H64N2O16S3/c1-5-46-39-18-16-35(65(53,54)55)33-37(39)45(3,21-23-60-26-27-62-30-31-63-29-28-61-25-24-59-4)41(46)13-8-6-9-14-42-44(2,20-12-32-64(50,51)52)38-34-36(66(56,57)58)17-19-40(38)47(42)22-11-7-10-15-43(48)49/h6,8-9,13-14,16-19,33-34H,5,7,10-12,15,20-32H2,1-4H3,(H3-,48,49,50,51,52,53,54,55,56,57,58). The third kappa shape index (κ3) is 15.3. The summed E-state index contributed by atoms with van der Waals surface area (Å²) in [5.41, 5.74) is 2.29. The van der Waals surface area contributed by atoms with Crippen LogP contribution in [0.4, 0.5) is 11.4 Å². The van der Waals surface area contributed by atoms with Gasteiger partial charge in [-0.05, 0) is 94.8 Å². The lowest BCUT2D eigenvalue weighted by molar-refractivity contribution is -0.438. The van der Waals surface area contributed by atoms with Crippen LogP contribution >= 0.6 is 0 Å². The SMILES string of the molecule is CCN1C(=CC=CC=CC2=[N+](CCCCCC(=O)O)c3ccc(S(=O)(=O)O)cc3C2(C)CCCS(=O)(=O)O)C(C)(CCOCCOCCOCCOCCOC)c2cc(S(=O)(=O)[O-])ccc21. The second kappa shape index (κ2) is 24.9. The molecule has 2 aliphatic rings. The Balaban J connectivity index is 1.61. The van der Waals surface area contributed by atoms with Gasteiger partial charge in [0.1, 0.15) is 16.7 Å². The number of benzene rings is 2. The average molecular weight is 985 g/mol. The number of rotatable bonds is 31. The molecule has 4 rings (SSSR count). The molecule has 0 saturated carbocycles.